The second-order valence-electron chi connectivity index (χ2n) is 4.75. The number of hydrogen-bond donors (Lipinski definition) is 1. The first-order valence-electron chi connectivity index (χ1n) is 6.05. The van der Waals surface area contributed by atoms with Crippen LogP contribution in [0.3, 0.4) is 0 Å². The van der Waals surface area contributed by atoms with Gasteiger partial charge in [-0.05, 0) is 30.5 Å². The van der Waals surface area contributed by atoms with E-state index in [0.717, 1.165) is 22.3 Å². The van der Waals surface area contributed by atoms with E-state index < -0.39 is 4.92 Å². The highest BCUT2D eigenvalue weighted by atomic mass is 16.6. The highest BCUT2D eigenvalue weighted by Gasteiger charge is 2.14. The average molecular weight is 256 g/mol. The van der Waals surface area contributed by atoms with Crippen molar-refractivity contribution in [1.29, 1.82) is 0 Å². The van der Waals surface area contributed by atoms with Gasteiger partial charge in [-0.3, -0.25) is 10.1 Å². The van der Waals surface area contributed by atoms with Crippen molar-refractivity contribution in [2.24, 2.45) is 5.73 Å². The number of benzene rings is 2. The van der Waals surface area contributed by atoms with Crippen molar-refractivity contribution < 1.29 is 4.92 Å². The third kappa shape index (κ3) is 2.98. The number of hydrogen-bond acceptors (Lipinski definition) is 3. The zero-order chi connectivity index (χ0) is 14.0. The topological polar surface area (TPSA) is 69.2 Å². The van der Waals surface area contributed by atoms with Gasteiger partial charge < -0.3 is 5.73 Å². The number of nitrogens with two attached hydrogens (primary N) is 1. The van der Waals surface area contributed by atoms with Crippen molar-refractivity contribution in [1.82, 2.24) is 0 Å². The first kappa shape index (κ1) is 13.2. The Bertz CT molecular complexity index is 606. The Labute approximate surface area is 112 Å². The molecule has 0 saturated carbocycles. The number of nitrogens with zero attached hydrogens (tertiary/aromatic N) is 1. The smallest absolute Gasteiger partial charge is 0.270 e. The van der Waals surface area contributed by atoms with E-state index in [1.807, 2.05) is 44.2 Å². The van der Waals surface area contributed by atoms with Gasteiger partial charge in [-0.1, -0.05) is 35.9 Å². The summed E-state index contributed by atoms with van der Waals surface area (Å²) < 4.78 is 0. The van der Waals surface area contributed by atoms with E-state index in [-0.39, 0.29) is 11.7 Å². The standard InChI is InChI=1S/C15H16N2O2/c1-10-3-5-12(6-4-10)15(16)13-7-11(2)8-14(9-13)17(18)19/h3-9,15H,16H2,1-2H3. The number of rotatable bonds is 3. The molecule has 0 bridgehead atoms. The fourth-order valence-corrected chi connectivity index (χ4v) is 2.04. The van der Waals surface area contributed by atoms with E-state index >= 15 is 0 Å². The fraction of sp³-hybridized carbons (Fsp3) is 0.200. The predicted molar refractivity (Wildman–Crippen MR) is 75.0 cm³/mol. The van der Waals surface area contributed by atoms with Crippen LogP contribution < -0.4 is 5.73 Å². The summed E-state index contributed by atoms with van der Waals surface area (Å²) in [5.41, 5.74) is 9.97. The molecular formula is C15H16N2O2. The molecule has 2 N–H and O–H groups in total. The van der Waals surface area contributed by atoms with Crippen molar-refractivity contribution in [3.8, 4) is 0 Å². The van der Waals surface area contributed by atoms with E-state index in [4.69, 9.17) is 5.73 Å². The molecule has 4 heteroatoms. The molecule has 0 aliphatic rings. The van der Waals surface area contributed by atoms with Crippen LogP contribution in [0.25, 0.3) is 0 Å². The van der Waals surface area contributed by atoms with Gasteiger partial charge in [0.05, 0.1) is 11.0 Å². The molecule has 0 aliphatic heterocycles. The third-order valence-corrected chi connectivity index (χ3v) is 3.09. The van der Waals surface area contributed by atoms with Crippen LogP contribution in [-0.2, 0) is 0 Å². The molecule has 0 radical (unpaired) electrons. The summed E-state index contributed by atoms with van der Waals surface area (Å²) >= 11 is 0. The van der Waals surface area contributed by atoms with E-state index in [2.05, 4.69) is 0 Å². The number of nitro groups is 1. The average Bonchev–Trinajstić information content (AvgIpc) is 2.38. The second-order valence-corrected chi connectivity index (χ2v) is 4.75. The van der Waals surface area contributed by atoms with Crippen LogP contribution in [0, 0.1) is 24.0 Å². The Morgan fingerprint density at radius 1 is 1.00 bits per heavy atom. The third-order valence-electron chi connectivity index (χ3n) is 3.09. The van der Waals surface area contributed by atoms with E-state index in [1.165, 1.54) is 6.07 Å². The van der Waals surface area contributed by atoms with Gasteiger partial charge >= 0.3 is 0 Å². The predicted octanol–water partition coefficient (Wildman–Crippen LogP) is 3.26. The molecule has 4 nitrogen and oxygen atoms in total. The van der Waals surface area contributed by atoms with Crippen molar-refractivity contribution >= 4 is 5.69 Å². The molecule has 0 amide bonds. The molecule has 0 saturated heterocycles. The molecule has 2 rings (SSSR count). The molecule has 0 aliphatic carbocycles. The molecule has 0 fully saturated rings. The summed E-state index contributed by atoms with van der Waals surface area (Å²) in [4.78, 5) is 10.5. The van der Waals surface area contributed by atoms with Crippen molar-refractivity contribution in [2.45, 2.75) is 19.9 Å². The summed E-state index contributed by atoms with van der Waals surface area (Å²) in [5.74, 6) is 0. The van der Waals surface area contributed by atoms with Crippen molar-refractivity contribution in [3.63, 3.8) is 0 Å². The summed E-state index contributed by atoms with van der Waals surface area (Å²) in [6.45, 7) is 3.84. The summed E-state index contributed by atoms with van der Waals surface area (Å²) in [6.07, 6.45) is 0. The number of non-ortho nitro benzene ring substituents is 1. The lowest BCUT2D eigenvalue weighted by Crippen LogP contribution is -2.12. The van der Waals surface area contributed by atoms with Crippen molar-refractivity contribution in [2.75, 3.05) is 0 Å². The maximum absolute atomic E-state index is 10.9. The first-order chi connectivity index (χ1) is 8.97. The molecule has 1 unspecified atom stereocenters. The molecular weight excluding hydrogens is 240 g/mol. The molecule has 2 aromatic rings. The maximum atomic E-state index is 10.9. The second kappa shape index (κ2) is 5.20. The Morgan fingerprint density at radius 2 is 1.63 bits per heavy atom. The first-order valence-corrected chi connectivity index (χ1v) is 6.05. The quantitative estimate of drug-likeness (QED) is 0.677. The minimum absolute atomic E-state index is 0.0811. The molecule has 2 aromatic carbocycles. The van der Waals surface area contributed by atoms with Gasteiger partial charge in [0, 0.05) is 12.1 Å². The van der Waals surface area contributed by atoms with Gasteiger partial charge in [-0.2, -0.15) is 0 Å². The van der Waals surface area contributed by atoms with Crippen LogP contribution in [0.1, 0.15) is 28.3 Å². The SMILES string of the molecule is Cc1ccc(C(N)c2cc(C)cc([N+](=O)[O-])c2)cc1. The zero-order valence-corrected chi connectivity index (χ0v) is 11.0. The van der Waals surface area contributed by atoms with Gasteiger partial charge in [-0.25, -0.2) is 0 Å². The zero-order valence-electron chi connectivity index (χ0n) is 11.0. The molecule has 1 atom stereocenters. The monoisotopic (exact) mass is 256 g/mol. The maximum Gasteiger partial charge on any atom is 0.270 e. The van der Waals surface area contributed by atoms with Crippen LogP contribution in [-0.4, -0.2) is 4.92 Å². The van der Waals surface area contributed by atoms with Gasteiger partial charge in [0.2, 0.25) is 0 Å². The van der Waals surface area contributed by atoms with Gasteiger partial charge in [-0.15, -0.1) is 0 Å². The number of aryl methyl sites for hydroxylation is 2. The van der Waals surface area contributed by atoms with Crippen LogP contribution in [0.4, 0.5) is 5.69 Å². The summed E-state index contributed by atoms with van der Waals surface area (Å²) in [5, 5.41) is 10.9. The van der Waals surface area contributed by atoms with Gasteiger partial charge in [0.25, 0.3) is 5.69 Å². The highest BCUT2D eigenvalue weighted by molar-refractivity contribution is 5.43. The van der Waals surface area contributed by atoms with E-state index in [0.29, 0.717) is 0 Å². The van der Waals surface area contributed by atoms with Gasteiger partial charge in [0.1, 0.15) is 0 Å². The van der Waals surface area contributed by atoms with Gasteiger partial charge in [0.15, 0.2) is 0 Å². The lowest BCUT2D eigenvalue weighted by atomic mass is 9.97. The van der Waals surface area contributed by atoms with Crippen LogP contribution in [0.15, 0.2) is 42.5 Å². The summed E-state index contributed by atoms with van der Waals surface area (Å²) in [6, 6.07) is 12.5. The lowest BCUT2D eigenvalue weighted by molar-refractivity contribution is -0.385. The Kier molecular flexibility index (Phi) is 3.62. The molecule has 0 spiro atoms. The molecule has 0 aromatic heterocycles. The Balaban J connectivity index is 2.40. The minimum Gasteiger partial charge on any atom is -0.320 e. The Hall–Kier alpha value is -2.20. The molecule has 0 heterocycles. The Morgan fingerprint density at radius 3 is 2.21 bits per heavy atom. The largest absolute Gasteiger partial charge is 0.320 e. The van der Waals surface area contributed by atoms with Crippen LogP contribution in [0.2, 0.25) is 0 Å². The molecule has 19 heavy (non-hydrogen) atoms. The van der Waals surface area contributed by atoms with Crippen LogP contribution in [0.5, 0.6) is 0 Å². The minimum atomic E-state index is -0.391. The highest BCUT2D eigenvalue weighted by Crippen LogP contribution is 2.25. The normalized spacial score (nSPS) is 12.2. The fourth-order valence-electron chi connectivity index (χ4n) is 2.04. The van der Waals surface area contributed by atoms with Crippen LogP contribution >= 0.6 is 0 Å². The van der Waals surface area contributed by atoms with E-state index in [1.54, 1.807) is 6.07 Å². The molecule has 98 valence electrons. The lowest BCUT2D eigenvalue weighted by Gasteiger charge is -2.13. The van der Waals surface area contributed by atoms with Crippen molar-refractivity contribution in [3.05, 3.63) is 74.8 Å². The van der Waals surface area contributed by atoms with E-state index in [9.17, 15) is 10.1 Å². The number of nitro benzene ring substituents is 1. The summed E-state index contributed by atoms with van der Waals surface area (Å²) in [7, 11) is 0.